The maximum absolute atomic E-state index is 12.7. The first kappa shape index (κ1) is 23.0. The molecule has 2 amide bonds. The van der Waals surface area contributed by atoms with Gasteiger partial charge in [-0.25, -0.2) is 9.78 Å². The lowest BCUT2D eigenvalue weighted by Crippen LogP contribution is -2.38. The highest BCUT2D eigenvalue weighted by atomic mass is 32.1. The topological polar surface area (TPSA) is 118 Å². The Balaban J connectivity index is 1.22. The molecule has 1 aromatic heterocycles. The number of hydrogen-bond acceptors (Lipinski definition) is 6. The van der Waals surface area contributed by atoms with Crippen LogP contribution in [0, 0.1) is 12.8 Å². The zero-order chi connectivity index (χ0) is 24.5. The molecule has 2 aliphatic carbocycles. The first-order valence-electron chi connectivity index (χ1n) is 11.5. The molecule has 1 saturated carbocycles. The van der Waals surface area contributed by atoms with Crippen molar-refractivity contribution in [2.45, 2.75) is 38.1 Å². The number of thiazole rings is 1. The van der Waals surface area contributed by atoms with Gasteiger partial charge < -0.3 is 15.2 Å². The highest BCUT2D eigenvalue weighted by molar-refractivity contribution is 7.17. The molecule has 1 atom stereocenters. The quantitative estimate of drug-likeness (QED) is 0.417. The van der Waals surface area contributed by atoms with E-state index in [1.54, 1.807) is 6.92 Å². The average molecular weight is 492 g/mol. The van der Waals surface area contributed by atoms with Crippen molar-refractivity contribution in [2.75, 3.05) is 11.9 Å². The monoisotopic (exact) mass is 491 g/mol. The fraction of sp³-hybridized carbons (Fsp3) is 0.308. The number of aliphatic carboxylic acids is 1. The largest absolute Gasteiger partial charge is 0.481 e. The van der Waals surface area contributed by atoms with Gasteiger partial charge in [0, 0.05) is 12.0 Å². The standard InChI is InChI=1S/C26H25N3O5S/c1-14-23(24(32)28-21(12-22(30)31)15-10-11-15)35-25(27-14)29-26(33)34-13-20-18-8-4-2-6-16(18)17-7-3-5-9-19(17)20/h2-9,15,20-21H,10-13H2,1H3,(H,28,32)(H,30,31)(H,27,29,33). The number of amides is 2. The Hall–Kier alpha value is -3.72. The molecule has 3 N–H and O–H groups in total. The van der Waals surface area contributed by atoms with Crippen LogP contribution in [0.1, 0.15) is 51.7 Å². The number of carbonyl (C=O) groups is 3. The van der Waals surface area contributed by atoms with E-state index in [0.29, 0.717) is 10.6 Å². The number of hydrogen-bond donors (Lipinski definition) is 3. The number of anilines is 1. The molecule has 3 aromatic rings. The van der Waals surface area contributed by atoms with Gasteiger partial charge >= 0.3 is 12.1 Å². The van der Waals surface area contributed by atoms with E-state index in [9.17, 15) is 14.4 Å². The number of benzene rings is 2. The molecule has 9 heteroatoms. The number of aryl methyl sites for hydroxylation is 1. The average Bonchev–Trinajstić information content (AvgIpc) is 3.55. The second-order valence-electron chi connectivity index (χ2n) is 8.90. The summed E-state index contributed by atoms with van der Waals surface area (Å²) >= 11 is 1.04. The van der Waals surface area contributed by atoms with Gasteiger partial charge in [-0.15, -0.1) is 0 Å². The third-order valence-electron chi connectivity index (χ3n) is 6.46. The molecule has 35 heavy (non-hydrogen) atoms. The van der Waals surface area contributed by atoms with Crippen LogP contribution >= 0.6 is 11.3 Å². The van der Waals surface area contributed by atoms with Crippen molar-refractivity contribution >= 4 is 34.4 Å². The number of ether oxygens (including phenoxy) is 1. The Bertz CT molecular complexity index is 1250. The van der Waals surface area contributed by atoms with E-state index in [2.05, 4.69) is 39.9 Å². The van der Waals surface area contributed by atoms with Crippen molar-refractivity contribution < 1.29 is 24.2 Å². The summed E-state index contributed by atoms with van der Waals surface area (Å²) in [7, 11) is 0. The van der Waals surface area contributed by atoms with Crippen molar-refractivity contribution in [3.05, 3.63) is 70.2 Å². The number of carbonyl (C=O) groups excluding carboxylic acids is 2. The fourth-order valence-corrected chi connectivity index (χ4v) is 5.49. The number of fused-ring (bicyclic) bond motifs is 3. The number of carboxylic acids is 1. The summed E-state index contributed by atoms with van der Waals surface area (Å²) in [5.74, 6) is -1.18. The summed E-state index contributed by atoms with van der Waals surface area (Å²) in [4.78, 5) is 41.0. The predicted octanol–water partition coefficient (Wildman–Crippen LogP) is 4.80. The van der Waals surface area contributed by atoms with Crippen LogP contribution in [0.25, 0.3) is 11.1 Å². The molecule has 0 bridgehead atoms. The molecule has 2 aliphatic rings. The Kier molecular flexibility index (Phi) is 6.25. The Labute approximate surface area is 206 Å². The number of aromatic nitrogens is 1. The normalized spacial score (nSPS) is 15.1. The highest BCUT2D eigenvalue weighted by Crippen LogP contribution is 2.44. The van der Waals surface area contributed by atoms with Crippen LogP contribution in [0.3, 0.4) is 0 Å². The zero-order valence-corrected chi connectivity index (χ0v) is 19.9. The number of nitrogens with one attached hydrogen (secondary N) is 2. The van der Waals surface area contributed by atoms with Gasteiger partial charge in [-0.05, 0) is 47.9 Å². The summed E-state index contributed by atoms with van der Waals surface area (Å²) in [6.07, 6.45) is 1.07. The molecular formula is C26H25N3O5S. The summed E-state index contributed by atoms with van der Waals surface area (Å²) in [6.45, 7) is 1.85. The molecule has 0 spiro atoms. The lowest BCUT2D eigenvalue weighted by atomic mass is 9.98. The van der Waals surface area contributed by atoms with Gasteiger partial charge in [0.25, 0.3) is 5.91 Å². The Morgan fingerprint density at radius 3 is 2.31 bits per heavy atom. The predicted molar refractivity (Wildman–Crippen MR) is 132 cm³/mol. The van der Waals surface area contributed by atoms with Gasteiger partial charge in [0.1, 0.15) is 11.5 Å². The van der Waals surface area contributed by atoms with E-state index in [0.717, 1.165) is 46.4 Å². The van der Waals surface area contributed by atoms with Crippen molar-refractivity contribution in [1.82, 2.24) is 10.3 Å². The summed E-state index contributed by atoms with van der Waals surface area (Å²) in [6, 6.07) is 15.8. The molecule has 0 aliphatic heterocycles. The van der Waals surface area contributed by atoms with Gasteiger partial charge in [0.2, 0.25) is 0 Å². The third-order valence-corrected chi connectivity index (χ3v) is 7.53. The van der Waals surface area contributed by atoms with Gasteiger partial charge in [-0.3, -0.25) is 14.9 Å². The fourth-order valence-electron chi connectivity index (χ4n) is 4.64. The molecule has 5 rings (SSSR count). The van der Waals surface area contributed by atoms with Crippen molar-refractivity contribution in [1.29, 1.82) is 0 Å². The molecule has 1 fully saturated rings. The SMILES string of the molecule is Cc1nc(NC(=O)OCC2c3ccccc3-c3ccccc32)sc1C(=O)NC(CC(=O)O)C1CC1. The maximum Gasteiger partial charge on any atom is 0.413 e. The minimum absolute atomic E-state index is 0.0545. The summed E-state index contributed by atoms with van der Waals surface area (Å²) < 4.78 is 5.55. The third kappa shape index (κ3) is 4.90. The van der Waals surface area contributed by atoms with E-state index in [1.165, 1.54) is 0 Å². The van der Waals surface area contributed by atoms with Gasteiger partial charge in [0.05, 0.1) is 12.1 Å². The van der Waals surface area contributed by atoms with Crippen LogP contribution in [0.5, 0.6) is 0 Å². The second-order valence-corrected chi connectivity index (χ2v) is 9.90. The number of rotatable bonds is 8. The molecule has 2 aromatic carbocycles. The molecular weight excluding hydrogens is 466 g/mol. The minimum Gasteiger partial charge on any atom is -0.481 e. The molecule has 0 radical (unpaired) electrons. The minimum atomic E-state index is -0.944. The maximum atomic E-state index is 12.7. The second kappa shape index (κ2) is 9.50. The first-order chi connectivity index (χ1) is 16.9. The van der Waals surface area contributed by atoms with Crippen LogP contribution in [-0.4, -0.2) is 40.7 Å². The van der Waals surface area contributed by atoms with Crippen LogP contribution < -0.4 is 10.6 Å². The van der Waals surface area contributed by atoms with Crippen LogP contribution in [0.2, 0.25) is 0 Å². The lowest BCUT2D eigenvalue weighted by Gasteiger charge is -2.15. The van der Waals surface area contributed by atoms with Crippen molar-refractivity contribution in [3.63, 3.8) is 0 Å². The van der Waals surface area contributed by atoms with Gasteiger partial charge in [-0.1, -0.05) is 59.9 Å². The van der Waals surface area contributed by atoms with Gasteiger partial charge in [-0.2, -0.15) is 0 Å². The zero-order valence-electron chi connectivity index (χ0n) is 19.1. The van der Waals surface area contributed by atoms with E-state index < -0.39 is 18.1 Å². The van der Waals surface area contributed by atoms with E-state index >= 15 is 0 Å². The first-order valence-corrected chi connectivity index (χ1v) is 12.3. The van der Waals surface area contributed by atoms with Crippen LogP contribution in [0.15, 0.2) is 48.5 Å². The van der Waals surface area contributed by atoms with E-state index in [1.807, 2.05) is 24.3 Å². The number of carboxylic acid groups (broad SMARTS) is 1. The van der Waals surface area contributed by atoms with E-state index in [-0.39, 0.29) is 35.9 Å². The Morgan fingerprint density at radius 2 is 1.71 bits per heavy atom. The molecule has 8 nitrogen and oxygen atoms in total. The smallest absolute Gasteiger partial charge is 0.413 e. The van der Waals surface area contributed by atoms with Gasteiger partial charge in [0.15, 0.2) is 5.13 Å². The molecule has 1 unspecified atom stereocenters. The Morgan fingerprint density at radius 1 is 1.09 bits per heavy atom. The molecule has 180 valence electrons. The summed E-state index contributed by atoms with van der Waals surface area (Å²) in [5, 5.41) is 14.8. The van der Waals surface area contributed by atoms with Crippen molar-refractivity contribution in [2.24, 2.45) is 5.92 Å². The summed E-state index contributed by atoms with van der Waals surface area (Å²) in [5.41, 5.74) is 5.01. The highest BCUT2D eigenvalue weighted by Gasteiger charge is 2.34. The van der Waals surface area contributed by atoms with E-state index in [4.69, 9.17) is 9.84 Å². The number of nitrogens with zero attached hydrogens (tertiary/aromatic N) is 1. The molecule has 1 heterocycles. The lowest BCUT2D eigenvalue weighted by molar-refractivity contribution is -0.137. The van der Waals surface area contributed by atoms with Crippen LogP contribution in [-0.2, 0) is 9.53 Å². The van der Waals surface area contributed by atoms with Crippen LogP contribution in [0.4, 0.5) is 9.93 Å². The van der Waals surface area contributed by atoms with Crippen molar-refractivity contribution in [3.8, 4) is 11.1 Å². The molecule has 0 saturated heterocycles.